The molecule has 1 aliphatic rings. The lowest BCUT2D eigenvalue weighted by atomic mass is 10.1. The Kier molecular flexibility index (Phi) is 5.21. The van der Waals surface area contributed by atoms with Crippen molar-refractivity contribution in [2.75, 3.05) is 6.61 Å². The first-order chi connectivity index (χ1) is 8.79. The molecule has 100 valence electrons. The molecule has 1 saturated carbocycles. The topological polar surface area (TPSA) is 21.3 Å². The molecule has 0 radical (unpaired) electrons. The van der Waals surface area contributed by atoms with Crippen molar-refractivity contribution < 1.29 is 4.74 Å². The van der Waals surface area contributed by atoms with Gasteiger partial charge in [-0.05, 0) is 43.2 Å². The Hall–Kier alpha value is -0.860. The van der Waals surface area contributed by atoms with Crippen molar-refractivity contribution >= 4 is 0 Å². The fourth-order valence-corrected chi connectivity index (χ4v) is 2.73. The summed E-state index contributed by atoms with van der Waals surface area (Å²) in [4.78, 5) is 0. The second kappa shape index (κ2) is 6.91. The smallest absolute Gasteiger partial charge is 0.0719 e. The lowest BCUT2D eigenvalue weighted by molar-refractivity contribution is 0.133. The second-order valence-electron chi connectivity index (χ2n) is 5.40. The van der Waals surface area contributed by atoms with Gasteiger partial charge in [-0.1, -0.05) is 31.2 Å². The molecule has 0 bridgehead atoms. The molecule has 1 N–H and O–H groups in total. The fraction of sp³-hybridized carbons (Fsp3) is 0.625. The van der Waals surface area contributed by atoms with Crippen LogP contribution in [0.5, 0.6) is 0 Å². The van der Waals surface area contributed by atoms with Crippen molar-refractivity contribution in [2.24, 2.45) is 5.92 Å². The Morgan fingerprint density at radius 2 is 2.00 bits per heavy atom. The van der Waals surface area contributed by atoms with Crippen LogP contribution in [-0.2, 0) is 17.9 Å². The predicted molar refractivity (Wildman–Crippen MR) is 75.4 cm³/mol. The van der Waals surface area contributed by atoms with Crippen molar-refractivity contribution in [3.05, 3.63) is 35.4 Å². The number of benzene rings is 1. The molecule has 2 rings (SSSR count). The lowest BCUT2D eigenvalue weighted by Gasteiger charge is -2.15. The molecule has 2 atom stereocenters. The maximum atomic E-state index is 5.52. The lowest BCUT2D eigenvalue weighted by Crippen LogP contribution is -2.26. The molecule has 0 aliphatic heterocycles. The molecule has 0 spiro atoms. The van der Waals surface area contributed by atoms with Gasteiger partial charge in [0.2, 0.25) is 0 Å². The van der Waals surface area contributed by atoms with Crippen molar-refractivity contribution in [3.63, 3.8) is 0 Å². The van der Waals surface area contributed by atoms with Crippen LogP contribution in [0, 0.1) is 5.92 Å². The SMILES string of the molecule is CCOCc1ccccc1CNC1CCC(C)C1. The molecule has 1 fully saturated rings. The van der Waals surface area contributed by atoms with E-state index in [-0.39, 0.29) is 0 Å². The first kappa shape index (κ1) is 13.6. The Morgan fingerprint density at radius 1 is 1.22 bits per heavy atom. The Labute approximate surface area is 111 Å². The van der Waals surface area contributed by atoms with Gasteiger partial charge in [0.05, 0.1) is 6.61 Å². The number of hydrogen-bond acceptors (Lipinski definition) is 2. The van der Waals surface area contributed by atoms with Crippen molar-refractivity contribution in [1.82, 2.24) is 5.32 Å². The minimum Gasteiger partial charge on any atom is -0.377 e. The molecular weight excluding hydrogens is 222 g/mol. The highest BCUT2D eigenvalue weighted by Gasteiger charge is 2.20. The van der Waals surface area contributed by atoms with E-state index in [0.717, 1.165) is 25.7 Å². The second-order valence-corrected chi connectivity index (χ2v) is 5.40. The van der Waals surface area contributed by atoms with Gasteiger partial charge >= 0.3 is 0 Å². The molecule has 1 aliphatic carbocycles. The standard InChI is InChI=1S/C16H25NO/c1-3-18-12-15-7-5-4-6-14(15)11-17-16-9-8-13(2)10-16/h4-7,13,16-17H,3,8-12H2,1-2H3. The monoisotopic (exact) mass is 247 g/mol. The summed E-state index contributed by atoms with van der Waals surface area (Å²) < 4.78 is 5.52. The Bertz CT molecular complexity index is 364. The van der Waals surface area contributed by atoms with Gasteiger partial charge in [-0.3, -0.25) is 0 Å². The summed E-state index contributed by atoms with van der Waals surface area (Å²) in [5.41, 5.74) is 2.70. The number of rotatable bonds is 6. The molecule has 0 heterocycles. The third kappa shape index (κ3) is 3.82. The van der Waals surface area contributed by atoms with Gasteiger partial charge in [-0.25, -0.2) is 0 Å². The molecule has 1 aromatic carbocycles. The highest BCUT2D eigenvalue weighted by atomic mass is 16.5. The van der Waals surface area contributed by atoms with Crippen molar-refractivity contribution in [1.29, 1.82) is 0 Å². The summed E-state index contributed by atoms with van der Waals surface area (Å²) in [7, 11) is 0. The Balaban J connectivity index is 1.88. The summed E-state index contributed by atoms with van der Waals surface area (Å²) in [5.74, 6) is 0.890. The van der Waals surface area contributed by atoms with E-state index in [1.165, 1.54) is 30.4 Å². The highest BCUT2D eigenvalue weighted by molar-refractivity contribution is 5.26. The van der Waals surface area contributed by atoms with E-state index in [2.05, 4.69) is 36.5 Å². The molecule has 0 saturated heterocycles. The molecule has 0 aromatic heterocycles. The van der Waals surface area contributed by atoms with E-state index in [1.54, 1.807) is 0 Å². The molecule has 0 amide bonds. The van der Waals surface area contributed by atoms with Gasteiger partial charge < -0.3 is 10.1 Å². The summed E-state index contributed by atoms with van der Waals surface area (Å²) >= 11 is 0. The third-order valence-corrected chi connectivity index (χ3v) is 3.86. The minimum atomic E-state index is 0.708. The quantitative estimate of drug-likeness (QED) is 0.830. The van der Waals surface area contributed by atoms with E-state index in [1.807, 2.05) is 6.92 Å². The largest absolute Gasteiger partial charge is 0.377 e. The van der Waals surface area contributed by atoms with Crippen molar-refractivity contribution in [2.45, 2.75) is 52.3 Å². The maximum absolute atomic E-state index is 5.52. The van der Waals surface area contributed by atoms with Crippen LogP contribution >= 0.6 is 0 Å². The summed E-state index contributed by atoms with van der Waals surface area (Å²) in [5, 5.41) is 3.69. The maximum Gasteiger partial charge on any atom is 0.0719 e. The summed E-state index contributed by atoms with van der Waals surface area (Å²) in [6.45, 7) is 6.88. The van der Waals surface area contributed by atoms with Crippen LogP contribution in [-0.4, -0.2) is 12.6 Å². The van der Waals surface area contributed by atoms with Gasteiger partial charge in [0.15, 0.2) is 0 Å². The highest BCUT2D eigenvalue weighted by Crippen LogP contribution is 2.25. The van der Waals surface area contributed by atoms with Crippen LogP contribution in [0.4, 0.5) is 0 Å². The van der Waals surface area contributed by atoms with Gasteiger partial charge in [-0.2, -0.15) is 0 Å². The van der Waals surface area contributed by atoms with Crippen LogP contribution in [0.15, 0.2) is 24.3 Å². The van der Waals surface area contributed by atoms with Crippen LogP contribution < -0.4 is 5.32 Å². The molecular formula is C16H25NO. The molecule has 2 heteroatoms. The zero-order chi connectivity index (χ0) is 12.8. The normalized spacial score (nSPS) is 23.4. The van der Waals surface area contributed by atoms with Gasteiger partial charge in [0.25, 0.3) is 0 Å². The van der Waals surface area contributed by atoms with E-state index in [9.17, 15) is 0 Å². The number of ether oxygens (including phenoxy) is 1. The molecule has 2 unspecified atom stereocenters. The first-order valence-corrected chi connectivity index (χ1v) is 7.17. The van der Waals surface area contributed by atoms with Crippen LogP contribution in [0.25, 0.3) is 0 Å². The minimum absolute atomic E-state index is 0.708. The number of nitrogens with one attached hydrogen (secondary N) is 1. The van der Waals surface area contributed by atoms with E-state index in [4.69, 9.17) is 4.74 Å². The van der Waals surface area contributed by atoms with Gasteiger partial charge in [-0.15, -0.1) is 0 Å². The van der Waals surface area contributed by atoms with E-state index in [0.29, 0.717) is 6.04 Å². The third-order valence-electron chi connectivity index (χ3n) is 3.86. The zero-order valence-corrected chi connectivity index (χ0v) is 11.6. The van der Waals surface area contributed by atoms with E-state index >= 15 is 0 Å². The van der Waals surface area contributed by atoms with Crippen LogP contribution in [0.3, 0.4) is 0 Å². The van der Waals surface area contributed by atoms with E-state index < -0.39 is 0 Å². The van der Waals surface area contributed by atoms with Crippen LogP contribution in [0.1, 0.15) is 44.2 Å². The van der Waals surface area contributed by atoms with Crippen LogP contribution in [0.2, 0.25) is 0 Å². The molecule has 1 aromatic rings. The van der Waals surface area contributed by atoms with Gasteiger partial charge in [0.1, 0.15) is 0 Å². The molecule has 2 nitrogen and oxygen atoms in total. The van der Waals surface area contributed by atoms with Crippen molar-refractivity contribution in [3.8, 4) is 0 Å². The zero-order valence-electron chi connectivity index (χ0n) is 11.6. The fourth-order valence-electron chi connectivity index (χ4n) is 2.73. The first-order valence-electron chi connectivity index (χ1n) is 7.17. The predicted octanol–water partition coefficient (Wildman–Crippen LogP) is 3.50. The molecule has 18 heavy (non-hydrogen) atoms. The summed E-state index contributed by atoms with van der Waals surface area (Å²) in [6.07, 6.45) is 4.03. The Morgan fingerprint density at radius 3 is 2.67 bits per heavy atom. The average molecular weight is 247 g/mol. The van der Waals surface area contributed by atoms with Gasteiger partial charge in [0, 0.05) is 19.2 Å². The summed E-state index contributed by atoms with van der Waals surface area (Å²) in [6, 6.07) is 9.29. The number of hydrogen-bond donors (Lipinski definition) is 1. The average Bonchev–Trinajstić information content (AvgIpc) is 2.81.